The van der Waals surface area contributed by atoms with Crippen LogP contribution in [-0.2, 0) is 0 Å². The largest absolute Gasteiger partial charge is 0.521 e. The van der Waals surface area contributed by atoms with E-state index in [0.29, 0.717) is 25.6 Å². The van der Waals surface area contributed by atoms with Gasteiger partial charge in [-0.15, -0.1) is 0 Å². The lowest BCUT2D eigenvalue weighted by Gasteiger charge is -2.31. The summed E-state index contributed by atoms with van der Waals surface area (Å²) in [6, 6.07) is 0. The van der Waals surface area contributed by atoms with Crippen LogP contribution < -0.4 is 5.73 Å². The highest BCUT2D eigenvalue weighted by atomic mass is 16.4. The highest BCUT2D eigenvalue weighted by Gasteiger charge is 2.41. The van der Waals surface area contributed by atoms with Crippen LogP contribution in [0.2, 0.25) is 0 Å². The van der Waals surface area contributed by atoms with Gasteiger partial charge in [-0.2, -0.15) is 9.28 Å². The van der Waals surface area contributed by atoms with E-state index in [-0.39, 0.29) is 4.48 Å². The zero-order valence-electron chi connectivity index (χ0n) is 25.4. The lowest BCUT2D eigenvalue weighted by molar-refractivity contribution is -0.769. The van der Waals surface area contributed by atoms with Crippen molar-refractivity contribution in [2.75, 3.05) is 19.6 Å². The first-order chi connectivity index (χ1) is 18.0. The van der Waals surface area contributed by atoms with Crippen LogP contribution in [0.15, 0.2) is 4.99 Å². The van der Waals surface area contributed by atoms with Gasteiger partial charge >= 0.3 is 12.1 Å². The topological polar surface area (TPSA) is 75.7 Å². The van der Waals surface area contributed by atoms with E-state index in [1.54, 1.807) is 0 Å². The summed E-state index contributed by atoms with van der Waals surface area (Å²) in [5, 5.41) is 10.3. The highest BCUT2D eigenvalue weighted by Crippen LogP contribution is 2.18. The van der Waals surface area contributed by atoms with Crippen molar-refractivity contribution < 1.29 is 14.4 Å². The molecule has 0 rings (SSSR count). The summed E-state index contributed by atoms with van der Waals surface area (Å²) in [6.45, 7) is 8.55. The third-order valence-electron chi connectivity index (χ3n) is 7.88. The van der Waals surface area contributed by atoms with Gasteiger partial charge in [0.15, 0.2) is 0 Å². The van der Waals surface area contributed by atoms with Gasteiger partial charge in [0.25, 0.3) is 0 Å². The predicted octanol–water partition coefficient (Wildman–Crippen LogP) is 10.2. The standard InChI is InChI=1S/C32H65N3O2/c1-4-7-10-13-16-19-22-25-28-34-31(33)35(32(36)37,29-26-23-20-17-14-11-8-5-2)30-27-24-21-18-15-12-9-6-3/h4-30H2,1-3H3,(H2-,33,34,36,37)/p+1. The second kappa shape index (κ2) is 26.5. The monoisotopic (exact) mass is 525 g/mol. The third-order valence-corrected chi connectivity index (χ3v) is 7.88. The van der Waals surface area contributed by atoms with Crippen molar-refractivity contribution in [2.45, 2.75) is 175 Å². The fourth-order valence-corrected chi connectivity index (χ4v) is 5.24. The third kappa shape index (κ3) is 19.6. The van der Waals surface area contributed by atoms with Crippen molar-refractivity contribution in [1.82, 2.24) is 0 Å². The molecule has 0 atom stereocenters. The molecule has 0 spiro atoms. The first-order valence-corrected chi connectivity index (χ1v) is 16.5. The number of hydrogen-bond acceptors (Lipinski definition) is 2. The van der Waals surface area contributed by atoms with Crippen LogP contribution in [0, 0.1) is 0 Å². The number of carboxylic acid groups (broad SMARTS) is 1. The van der Waals surface area contributed by atoms with E-state index < -0.39 is 6.09 Å². The Morgan fingerprint density at radius 3 is 1.16 bits per heavy atom. The minimum absolute atomic E-state index is 0.150. The van der Waals surface area contributed by atoms with Gasteiger partial charge in [-0.1, -0.05) is 143 Å². The van der Waals surface area contributed by atoms with Crippen molar-refractivity contribution in [1.29, 1.82) is 0 Å². The van der Waals surface area contributed by atoms with Gasteiger partial charge < -0.3 is 10.8 Å². The molecule has 1 amide bonds. The molecule has 0 aliphatic rings. The molecule has 0 saturated heterocycles. The number of amides is 1. The van der Waals surface area contributed by atoms with Crippen LogP contribution >= 0.6 is 0 Å². The van der Waals surface area contributed by atoms with Gasteiger partial charge in [0, 0.05) is 6.54 Å². The van der Waals surface area contributed by atoms with Gasteiger partial charge in [0.2, 0.25) is 0 Å². The number of hydrogen-bond donors (Lipinski definition) is 2. The Balaban J connectivity index is 4.74. The van der Waals surface area contributed by atoms with Crippen molar-refractivity contribution in [3.8, 4) is 0 Å². The second-order valence-corrected chi connectivity index (χ2v) is 11.4. The first kappa shape index (κ1) is 35.9. The maximum atomic E-state index is 12.6. The minimum atomic E-state index is -0.817. The predicted molar refractivity (Wildman–Crippen MR) is 162 cm³/mol. The van der Waals surface area contributed by atoms with E-state index in [0.717, 1.165) is 38.5 Å². The number of nitrogens with two attached hydrogens (primary N) is 1. The van der Waals surface area contributed by atoms with Crippen LogP contribution in [0.1, 0.15) is 175 Å². The minimum Gasteiger partial charge on any atom is -0.435 e. The summed E-state index contributed by atoms with van der Waals surface area (Å²) in [4.78, 5) is 17.3. The summed E-state index contributed by atoms with van der Waals surface area (Å²) in [5.41, 5.74) is 6.48. The molecule has 0 radical (unpaired) electrons. The molecule has 5 nitrogen and oxygen atoms in total. The summed E-state index contributed by atoms with van der Waals surface area (Å²) >= 11 is 0. The van der Waals surface area contributed by atoms with Crippen LogP contribution in [-0.4, -0.2) is 41.3 Å². The summed E-state index contributed by atoms with van der Waals surface area (Å²) in [7, 11) is 0. The Morgan fingerprint density at radius 1 is 0.541 bits per heavy atom. The Morgan fingerprint density at radius 2 is 0.838 bits per heavy atom. The molecular weight excluding hydrogens is 458 g/mol. The quantitative estimate of drug-likeness (QED) is 0.0485. The van der Waals surface area contributed by atoms with Gasteiger partial charge in [0.05, 0.1) is 13.1 Å². The van der Waals surface area contributed by atoms with Gasteiger partial charge in [-0.05, 0) is 32.1 Å². The molecular formula is C32H66N3O2+. The number of carbonyl (C=O) groups is 1. The highest BCUT2D eigenvalue weighted by molar-refractivity contribution is 5.81. The van der Waals surface area contributed by atoms with E-state index in [9.17, 15) is 9.90 Å². The van der Waals surface area contributed by atoms with Crippen LogP contribution in [0.5, 0.6) is 0 Å². The smallest absolute Gasteiger partial charge is 0.435 e. The van der Waals surface area contributed by atoms with Crippen LogP contribution in [0.3, 0.4) is 0 Å². The Hall–Kier alpha value is -1.10. The number of guanidine groups is 1. The molecule has 0 aliphatic carbocycles. The summed E-state index contributed by atoms with van der Waals surface area (Å²) in [6.07, 6.45) is 28.5. The zero-order chi connectivity index (χ0) is 27.5. The Kier molecular flexibility index (Phi) is 25.7. The van der Waals surface area contributed by atoms with Crippen LogP contribution in [0.4, 0.5) is 4.79 Å². The number of aliphatic imine (C=N–C) groups is 1. The molecule has 0 heterocycles. The number of rotatable bonds is 27. The van der Waals surface area contributed by atoms with E-state index in [1.165, 1.54) is 116 Å². The van der Waals surface area contributed by atoms with Gasteiger partial charge in [-0.3, -0.25) is 0 Å². The summed E-state index contributed by atoms with van der Waals surface area (Å²) in [5.74, 6) is 0.335. The zero-order valence-corrected chi connectivity index (χ0v) is 25.4. The number of nitrogens with zero attached hydrogens (tertiary/aromatic N) is 2. The SMILES string of the molecule is CCCCCCCCCC/N=C(\N)[N+](CCCCCCCCCC)(CCCCCCCCCC)C(=O)O. The van der Waals surface area contributed by atoms with E-state index in [1.807, 2.05) is 0 Å². The maximum absolute atomic E-state index is 12.6. The molecule has 0 aromatic heterocycles. The molecule has 0 aliphatic heterocycles. The van der Waals surface area contributed by atoms with E-state index in [4.69, 9.17) is 5.73 Å². The molecule has 220 valence electrons. The van der Waals surface area contributed by atoms with E-state index in [2.05, 4.69) is 25.8 Å². The molecule has 0 aromatic carbocycles. The molecule has 0 bridgehead atoms. The average Bonchev–Trinajstić information content (AvgIpc) is 2.89. The Bertz CT molecular complexity index is 516. The number of quaternary nitrogens is 1. The normalized spacial score (nSPS) is 12.4. The van der Waals surface area contributed by atoms with Crippen molar-refractivity contribution in [2.24, 2.45) is 10.7 Å². The molecule has 0 aromatic rings. The lowest BCUT2D eigenvalue weighted by atomic mass is 10.1. The molecule has 3 N–H and O–H groups in total. The second-order valence-electron chi connectivity index (χ2n) is 11.4. The fourth-order valence-electron chi connectivity index (χ4n) is 5.24. The first-order valence-electron chi connectivity index (χ1n) is 16.5. The molecule has 0 fully saturated rings. The number of unbranched alkanes of at least 4 members (excludes halogenated alkanes) is 21. The fraction of sp³-hybridized carbons (Fsp3) is 0.938. The van der Waals surface area contributed by atoms with Gasteiger partial charge in [-0.25, -0.2) is 4.99 Å². The average molecular weight is 525 g/mol. The molecule has 0 unspecified atom stereocenters. The maximum Gasteiger partial charge on any atom is 0.521 e. The van der Waals surface area contributed by atoms with Crippen LogP contribution in [0.25, 0.3) is 0 Å². The Labute approximate surface area is 231 Å². The summed E-state index contributed by atoms with van der Waals surface area (Å²) < 4.78 is -0.150. The van der Waals surface area contributed by atoms with Crippen molar-refractivity contribution >= 4 is 12.1 Å². The molecule has 37 heavy (non-hydrogen) atoms. The van der Waals surface area contributed by atoms with Crippen molar-refractivity contribution in [3.63, 3.8) is 0 Å². The molecule has 0 saturated carbocycles. The molecule has 5 heteroatoms. The van der Waals surface area contributed by atoms with Crippen molar-refractivity contribution in [3.05, 3.63) is 0 Å². The van der Waals surface area contributed by atoms with E-state index >= 15 is 0 Å². The lowest BCUT2D eigenvalue weighted by Crippen LogP contribution is -2.61. The van der Waals surface area contributed by atoms with Gasteiger partial charge in [0.1, 0.15) is 0 Å².